The summed E-state index contributed by atoms with van der Waals surface area (Å²) in [6, 6.07) is 21.3. The van der Waals surface area contributed by atoms with Crippen molar-refractivity contribution >= 4 is 22.9 Å². The van der Waals surface area contributed by atoms with Crippen LogP contribution in [0.25, 0.3) is 10.9 Å². The van der Waals surface area contributed by atoms with Gasteiger partial charge in [-0.2, -0.15) is 0 Å². The van der Waals surface area contributed by atoms with Crippen molar-refractivity contribution < 1.29 is 4.74 Å². The molecule has 3 nitrogen and oxygen atoms in total. The molecular formula is C27H30N2OS. The zero-order chi connectivity index (χ0) is 21.8. The Hall–Kier alpha value is -2.69. The second-order valence-electron chi connectivity index (χ2n) is 8.32. The van der Waals surface area contributed by atoms with Crippen molar-refractivity contribution in [3.05, 3.63) is 94.7 Å². The highest BCUT2D eigenvalue weighted by atomic mass is 32.2. The number of ether oxygens (including phenoxy) is 1. The van der Waals surface area contributed by atoms with Crippen molar-refractivity contribution in [2.45, 2.75) is 51.7 Å². The molecule has 0 radical (unpaired) electrons. The predicted octanol–water partition coefficient (Wildman–Crippen LogP) is 6.90. The summed E-state index contributed by atoms with van der Waals surface area (Å²) in [7, 11) is 0. The number of aromatic nitrogens is 1. The lowest BCUT2D eigenvalue weighted by Crippen LogP contribution is -2.21. The molecule has 1 unspecified atom stereocenters. The molecule has 0 saturated heterocycles. The average molecular weight is 431 g/mol. The van der Waals surface area contributed by atoms with Gasteiger partial charge in [0, 0.05) is 28.0 Å². The monoisotopic (exact) mass is 430 g/mol. The molecule has 4 rings (SSSR count). The Morgan fingerprint density at radius 2 is 1.71 bits per heavy atom. The molecule has 3 aromatic carbocycles. The van der Waals surface area contributed by atoms with Crippen LogP contribution < -0.4 is 9.46 Å². The van der Waals surface area contributed by atoms with Gasteiger partial charge in [0.25, 0.3) is 0 Å². The first-order valence-corrected chi connectivity index (χ1v) is 11.6. The van der Waals surface area contributed by atoms with Crippen molar-refractivity contribution in [1.29, 1.82) is 0 Å². The molecule has 0 aliphatic carbocycles. The smallest absolute Gasteiger partial charge is 0.129 e. The van der Waals surface area contributed by atoms with Gasteiger partial charge in [-0.1, -0.05) is 54.1 Å². The highest BCUT2D eigenvalue weighted by molar-refractivity contribution is 7.97. The summed E-state index contributed by atoms with van der Waals surface area (Å²) >= 11 is 1.74. The van der Waals surface area contributed by atoms with Crippen molar-refractivity contribution in [3.63, 3.8) is 0 Å². The van der Waals surface area contributed by atoms with Crippen molar-refractivity contribution in [3.8, 4) is 5.75 Å². The Labute approximate surface area is 189 Å². The minimum Gasteiger partial charge on any atom is -0.488 e. The highest BCUT2D eigenvalue weighted by Gasteiger charge is 2.14. The molecule has 160 valence electrons. The Balaban J connectivity index is 1.47. The second kappa shape index (κ2) is 9.63. The molecule has 31 heavy (non-hydrogen) atoms. The van der Waals surface area contributed by atoms with Crippen LogP contribution in [0.2, 0.25) is 0 Å². The lowest BCUT2D eigenvalue weighted by molar-refractivity contribution is 0.310. The number of aromatic amines is 1. The number of rotatable bonds is 8. The van der Waals surface area contributed by atoms with Gasteiger partial charge >= 0.3 is 0 Å². The third kappa shape index (κ3) is 5.15. The SMILES string of the molecule is Cc1cc(C)c(SNC(C)Cc2c[nH]c3cccc(OCc4ccccc4)c23)c(C)c1. The van der Waals surface area contributed by atoms with E-state index in [2.05, 4.69) is 80.0 Å². The number of H-pyrrole nitrogens is 1. The maximum atomic E-state index is 6.21. The van der Waals surface area contributed by atoms with E-state index in [1.165, 1.54) is 38.1 Å². The summed E-state index contributed by atoms with van der Waals surface area (Å²) in [6.45, 7) is 9.33. The van der Waals surface area contributed by atoms with Crippen LogP contribution in [0.5, 0.6) is 5.75 Å². The van der Waals surface area contributed by atoms with Gasteiger partial charge in [-0.3, -0.25) is 4.72 Å². The van der Waals surface area contributed by atoms with E-state index in [4.69, 9.17) is 4.74 Å². The van der Waals surface area contributed by atoms with Crippen LogP contribution >= 0.6 is 11.9 Å². The molecule has 1 heterocycles. The zero-order valence-corrected chi connectivity index (χ0v) is 19.5. The van der Waals surface area contributed by atoms with Crippen molar-refractivity contribution in [1.82, 2.24) is 9.71 Å². The van der Waals surface area contributed by atoms with Crippen LogP contribution in [0, 0.1) is 20.8 Å². The third-order valence-electron chi connectivity index (χ3n) is 5.48. The molecular weight excluding hydrogens is 400 g/mol. The zero-order valence-electron chi connectivity index (χ0n) is 18.7. The Morgan fingerprint density at radius 1 is 0.968 bits per heavy atom. The fourth-order valence-electron chi connectivity index (χ4n) is 4.10. The van der Waals surface area contributed by atoms with Gasteiger partial charge in [0.05, 0.1) is 0 Å². The van der Waals surface area contributed by atoms with Crippen LogP contribution in [0.3, 0.4) is 0 Å². The van der Waals surface area contributed by atoms with E-state index in [1.807, 2.05) is 24.3 Å². The summed E-state index contributed by atoms with van der Waals surface area (Å²) in [5, 5.41) is 1.18. The minimum absolute atomic E-state index is 0.311. The summed E-state index contributed by atoms with van der Waals surface area (Å²) in [4.78, 5) is 4.74. The molecule has 2 N–H and O–H groups in total. The summed E-state index contributed by atoms with van der Waals surface area (Å²) in [5.41, 5.74) is 7.53. The first-order valence-electron chi connectivity index (χ1n) is 10.8. The molecule has 0 bridgehead atoms. The standard InChI is InChI=1S/C27H30N2OS/c1-18-13-19(2)27(20(3)14-18)31-29-21(4)15-23-16-28-24-11-8-12-25(26(23)24)30-17-22-9-6-5-7-10-22/h5-14,16,21,28-29H,15,17H2,1-4H3. The first-order chi connectivity index (χ1) is 15.0. The van der Waals surface area contributed by atoms with E-state index in [9.17, 15) is 0 Å². The largest absolute Gasteiger partial charge is 0.488 e. The van der Waals surface area contributed by atoms with E-state index in [-0.39, 0.29) is 0 Å². The van der Waals surface area contributed by atoms with Crippen LogP contribution in [0.4, 0.5) is 0 Å². The van der Waals surface area contributed by atoms with E-state index in [0.29, 0.717) is 12.6 Å². The normalized spacial score (nSPS) is 12.3. The van der Waals surface area contributed by atoms with Crippen LogP contribution in [0.15, 0.2) is 71.8 Å². The second-order valence-corrected chi connectivity index (χ2v) is 9.17. The Bertz CT molecular complexity index is 1140. The first kappa shape index (κ1) is 21.5. The summed E-state index contributed by atoms with van der Waals surface area (Å²) in [6.07, 6.45) is 3.04. The maximum Gasteiger partial charge on any atom is 0.129 e. The van der Waals surface area contributed by atoms with Gasteiger partial charge in [-0.05, 0) is 80.5 Å². The molecule has 1 atom stereocenters. The van der Waals surface area contributed by atoms with Crippen molar-refractivity contribution in [2.24, 2.45) is 0 Å². The molecule has 0 spiro atoms. The molecule has 0 fully saturated rings. The molecule has 4 heteroatoms. The maximum absolute atomic E-state index is 6.21. The third-order valence-corrected chi connectivity index (χ3v) is 6.85. The molecule has 0 amide bonds. The number of aryl methyl sites for hydroxylation is 3. The van der Waals surface area contributed by atoms with Crippen molar-refractivity contribution in [2.75, 3.05) is 0 Å². The Kier molecular flexibility index (Phi) is 6.69. The number of fused-ring (bicyclic) bond motifs is 1. The number of benzene rings is 3. The topological polar surface area (TPSA) is 37.0 Å². The van der Waals surface area contributed by atoms with Gasteiger partial charge in [0.2, 0.25) is 0 Å². The number of hydrogen-bond acceptors (Lipinski definition) is 3. The van der Waals surface area contributed by atoms with E-state index >= 15 is 0 Å². The fraction of sp³-hybridized carbons (Fsp3) is 0.259. The molecule has 0 aliphatic rings. The van der Waals surface area contributed by atoms with Crippen LogP contribution in [0.1, 0.15) is 34.7 Å². The lowest BCUT2D eigenvalue weighted by Gasteiger charge is -2.16. The number of nitrogens with one attached hydrogen (secondary N) is 2. The minimum atomic E-state index is 0.311. The van der Waals surface area contributed by atoms with Gasteiger partial charge in [0.15, 0.2) is 0 Å². The van der Waals surface area contributed by atoms with Gasteiger partial charge in [-0.25, -0.2) is 0 Å². The quantitative estimate of drug-likeness (QED) is 0.299. The van der Waals surface area contributed by atoms with Gasteiger partial charge < -0.3 is 9.72 Å². The van der Waals surface area contributed by atoms with Gasteiger partial charge in [0.1, 0.15) is 12.4 Å². The van der Waals surface area contributed by atoms with Gasteiger partial charge in [-0.15, -0.1) is 0 Å². The molecule has 4 aromatic rings. The average Bonchev–Trinajstić information content (AvgIpc) is 3.15. The molecule has 0 aliphatic heterocycles. The summed E-state index contributed by atoms with van der Waals surface area (Å²) in [5.74, 6) is 0.933. The lowest BCUT2D eigenvalue weighted by atomic mass is 10.1. The van der Waals surface area contributed by atoms with E-state index in [1.54, 1.807) is 11.9 Å². The molecule has 0 saturated carbocycles. The predicted molar refractivity (Wildman–Crippen MR) is 132 cm³/mol. The number of hydrogen-bond donors (Lipinski definition) is 2. The van der Waals surface area contributed by atoms with Crippen LogP contribution in [-0.4, -0.2) is 11.0 Å². The van der Waals surface area contributed by atoms with E-state index < -0.39 is 0 Å². The van der Waals surface area contributed by atoms with E-state index in [0.717, 1.165) is 17.7 Å². The summed E-state index contributed by atoms with van der Waals surface area (Å²) < 4.78 is 9.85. The Morgan fingerprint density at radius 3 is 2.45 bits per heavy atom. The fourth-order valence-corrected chi connectivity index (χ4v) is 4.94. The van der Waals surface area contributed by atoms with Crippen LogP contribution in [-0.2, 0) is 13.0 Å². The molecule has 1 aromatic heterocycles. The highest BCUT2D eigenvalue weighted by Crippen LogP contribution is 2.31.